The summed E-state index contributed by atoms with van der Waals surface area (Å²) in [5.41, 5.74) is 4.21. The maximum absolute atomic E-state index is 4.49. The van der Waals surface area contributed by atoms with Crippen LogP contribution in [-0.4, -0.2) is 21.8 Å². The highest BCUT2D eigenvalue weighted by molar-refractivity contribution is 9.10. The second-order valence-corrected chi connectivity index (χ2v) is 4.77. The monoisotopic (exact) mass is 294 g/mol. The number of pyridine rings is 1. The van der Waals surface area contributed by atoms with Crippen LogP contribution in [0.15, 0.2) is 22.9 Å². The summed E-state index contributed by atoms with van der Waals surface area (Å²) in [7, 11) is 1.92. The van der Waals surface area contributed by atoms with Gasteiger partial charge in [-0.05, 0) is 48.5 Å². The van der Waals surface area contributed by atoms with E-state index in [0.29, 0.717) is 0 Å². The SMILES string of the molecule is CNCc1cncc(-n2nc(C)c(Br)c2C)c1. The molecule has 2 aromatic heterocycles. The molecule has 0 bridgehead atoms. The van der Waals surface area contributed by atoms with Crippen molar-refractivity contribution in [2.45, 2.75) is 20.4 Å². The Morgan fingerprint density at radius 1 is 1.35 bits per heavy atom. The lowest BCUT2D eigenvalue weighted by molar-refractivity contribution is 0.795. The van der Waals surface area contributed by atoms with E-state index in [2.05, 4.69) is 37.4 Å². The average molecular weight is 295 g/mol. The highest BCUT2D eigenvalue weighted by atomic mass is 79.9. The van der Waals surface area contributed by atoms with Crippen LogP contribution >= 0.6 is 15.9 Å². The van der Waals surface area contributed by atoms with Gasteiger partial charge in [-0.1, -0.05) is 0 Å². The summed E-state index contributed by atoms with van der Waals surface area (Å²) in [6.07, 6.45) is 3.69. The van der Waals surface area contributed by atoms with Gasteiger partial charge in [0.1, 0.15) is 0 Å². The van der Waals surface area contributed by atoms with Gasteiger partial charge in [0.25, 0.3) is 0 Å². The van der Waals surface area contributed by atoms with Gasteiger partial charge in [-0.2, -0.15) is 5.10 Å². The van der Waals surface area contributed by atoms with E-state index in [1.165, 1.54) is 0 Å². The van der Waals surface area contributed by atoms with Gasteiger partial charge < -0.3 is 5.32 Å². The number of hydrogen-bond acceptors (Lipinski definition) is 3. The largest absolute Gasteiger partial charge is 0.316 e. The van der Waals surface area contributed by atoms with Crippen LogP contribution in [0.2, 0.25) is 0 Å². The summed E-state index contributed by atoms with van der Waals surface area (Å²) in [6, 6.07) is 2.09. The molecule has 4 nitrogen and oxygen atoms in total. The van der Waals surface area contributed by atoms with Crippen LogP contribution in [0.1, 0.15) is 17.0 Å². The standard InChI is InChI=1S/C12H15BrN4/c1-8-12(13)9(2)17(16-8)11-4-10(5-14-3)6-15-7-11/h4,6-7,14H,5H2,1-3H3. The maximum Gasteiger partial charge on any atom is 0.0835 e. The smallest absolute Gasteiger partial charge is 0.0835 e. The molecule has 0 aliphatic rings. The number of aryl methyl sites for hydroxylation is 1. The maximum atomic E-state index is 4.49. The summed E-state index contributed by atoms with van der Waals surface area (Å²) in [5, 5.41) is 7.61. The van der Waals surface area contributed by atoms with E-state index in [0.717, 1.165) is 33.7 Å². The normalized spacial score (nSPS) is 10.8. The van der Waals surface area contributed by atoms with Crippen LogP contribution in [0.25, 0.3) is 5.69 Å². The van der Waals surface area contributed by atoms with Crippen LogP contribution in [0, 0.1) is 13.8 Å². The zero-order valence-corrected chi connectivity index (χ0v) is 11.7. The van der Waals surface area contributed by atoms with E-state index in [-0.39, 0.29) is 0 Å². The van der Waals surface area contributed by atoms with Gasteiger partial charge in [-0.3, -0.25) is 4.98 Å². The van der Waals surface area contributed by atoms with Crippen molar-refractivity contribution in [3.8, 4) is 5.69 Å². The number of rotatable bonds is 3. The van der Waals surface area contributed by atoms with E-state index in [4.69, 9.17) is 0 Å². The van der Waals surface area contributed by atoms with Crippen LogP contribution < -0.4 is 5.32 Å². The molecule has 0 amide bonds. The third kappa shape index (κ3) is 2.40. The molecule has 0 fully saturated rings. The van der Waals surface area contributed by atoms with Crippen molar-refractivity contribution in [1.29, 1.82) is 0 Å². The molecule has 0 saturated carbocycles. The first-order valence-electron chi connectivity index (χ1n) is 5.44. The molecule has 0 aliphatic carbocycles. The summed E-state index contributed by atoms with van der Waals surface area (Å²) < 4.78 is 2.96. The summed E-state index contributed by atoms with van der Waals surface area (Å²) in [5.74, 6) is 0. The van der Waals surface area contributed by atoms with E-state index >= 15 is 0 Å². The molecule has 2 heterocycles. The van der Waals surface area contributed by atoms with Gasteiger partial charge in [0.15, 0.2) is 0 Å². The number of hydrogen-bond donors (Lipinski definition) is 1. The second kappa shape index (κ2) is 4.98. The molecule has 0 saturated heterocycles. The molecule has 0 unspecified atom stereocenters. The topological polar surface area (TPSA) is 42.7 Å². The molecule has 90 valence electrons. The predicted molar refractivity (Wildman–Crippen MR) is 71.3 cm³/mol. The minimum absolute atomic E-state index is 0.807. The lowest BCUT2D eigenvalue weighted by Crippen LogP contribution is -2.07. The fraction of sp³-hybridized carbons (Fsp3) is 0.333. The van der Waals surface area contributed by atoms with Crippen molar-refractivity contribution in [3.05, 3.63) is 39.9 Å². The van der Waals surface area contributed by atoms with Gasteiger partial charge >= 0.3 is 0 Å². The number of halogens is 1. The minimum atomic E-state index is 0.807. The Hall–Kier alpha value is -1.20. The second-order valence-electron chi connectivity index (χ2n) is 3.98. The zero-order chi connectivity index (χ0) is 12.4. The molecule has 2 aromatic rings. The van der Waals surface area contributed by atoms with E-state index in [9.17, 15) is 0 Å². The molecular weight excluding hydrogens is 280 g/mol. The third-order valence-corrected chi connectivity index (χ3v) is 3.76. The Kier molecular flexibility index (Phi) is 3.59. The van der Waals surface area contributed by atoms with Crippen LogP contribution in [0.4, 0.5) is 0 Å². The summed E-state index contributed by atoms with van der Waals surface area (Å²) in [6.45, 7) is 4.83. The van der Waals surface area contributed by atoms with E-state index in [1.54, 1.807) is 0 Å². The van der Waals surface area contributed by atoms with Crippen molar-refractivity contribution in [2.24, 2.45) is 0 Å². The first kappa shape index (κ1) is 12.3. The third-order valence-electron chi connectivity index (χ3n) is 2.61. The average Bonchev–Trinajstić information content (AvgIpc) is 2.58. The molecule has 17 heavy (non-hydrogen) atoms. The van der Waals surface area contributed by atoms with Crippen LogP contribution in [0.3, 0.4) is 0 Å². The Morgan fingerprint density at radius 3 is 2.71 bits per heavy atom. The molecular formula is C12H15BrN4. The van der Waals surface area contributed by atoms with Crippen molar-refractivity contribution in [1.82, 2.24) is 20.1 Å². The highest BCUT2D eigenvalue weighted by Gasteiger charge is 2.10. The van der Waals surface area contributed by atoms with Crippen LogP contribution in [0.5, 0.6) is 0 Å². The molecule has 5 heteroatoms. The number of nitrogens with zero attached hydrogens (tertiary/aromatic N) is 3. The predicted octanol–water partition coefficient (Wildman–Crippen LogP) is 2.37. The van der Waals surface area contributed by atoms with Gasteiger partial charge in [-0.25, -0.2) is 4.68 Å². The number of nitrogens with one attached hydrogen (secondary N) is 1. The lowest BCUT2D eigenvalue weighted by Gasteiger charge is -2.06. The van der Waals surface area contributed by atoms with E-state index in [1.807, 2.05) is 38.0 Å². The Labute approximate surface area is 109 Å². The van der Waals surface area contributed by atoms with Crippen LogP contribution in [-0.2, 0) is 6.54 Å². The molecule has 0 atom stereocenters. The van der Waals surface area contributed by atoms with Gasteiger partial charge in [0, 0.05) is 12.7 Å². The first-order chi connectivity index (χ1) is 8.13. The quantitative estimate of drug-likeness (QED) is 0.945. The molecule has 1 N–H and O–H groups in total. The Morgan fingerprint density at radius 2 is 2.12 bits per heavy atom. The zero-order valence-electron chi connectivity index (χ0n) is 10.2. The summed E-state index contributed by atoms with van der Waals surface area (Å²) >= 11 is 3.53. The van der Waals surface area contributed by atoms with Gasteiger partial charge in [-0.15, -0.1) is 0 Å². The molecule has 2 rings (SSSR count). The number of aromatic nitrogens is 3. The summed E-state index contributed by atoms with van der Waals surface area (Å²) in [4.78, 5) is 4.24. The molecule has 0 aliphatic heterocycles. The lowest BCUT2D eigenvalue weighted by atomic mass is 10.2. The first-order valence-corrected chi connectivity index (χ1v) is 6.23. The Bertz CT molecular complexity index is 533. The Balaban J connectivity index is 2.45. The van der Waals surface area contributed by atoms with Crippen molar-refractivity contribution >= 4 is 15.9 Å². The molecule has 0 spiro atoms. The van der Waals surface area contributed by atoms with Crippen molar-refractivity contribution in [2.75, 3.05) is 7.05 Å². The van der Waals surface area contributed by atoms with Crippen molar-refractivity contribution < 1.29 is 0 Å². The highest BCUT2D eigenvalue weighted by Crippen LogP contribution is 2.22. The van der Waals surface area contributed by atoms with Crippen molar-refractivity contribution in [3.63, 3.8) is 0 Å². The molecule has 0 radical (unpaired) electrons. The van der Waals surface area contributed by atoms with Gasteiger partial charge in [0.2, 0.25) is 0 Å². The fourth-order valence-corrected chi connectivity index (χ4v) is 2.01. The minimum Gasteiger partial charge on any atom is -0.316 e. The van der Waals surface area contributed by atoms with Gasteiger partial charge in [0.05, 0.1) is 27.7 Å². The van der Waals surface area contributed by atoms with E-state index < -0.39 is 0 Å². The molecule has 0 aromatic carbocycles. The fourth-order valence-electron chi connectivity index (χ4n) is 1.77.